The minimum Gasteiger partial charge on any atom is -0.497 e. The maximum absolute atomic E-state index is 12.8. The average Bonchev–Trinajstić information content (AvgIpc) is 2.67. The van der Waals surface area contributed by atoms with E-state index in [0.29, 0.717) is 11.3 Å². The second kappa shape index (κ2) is 8.21. The summed E-state index contributed by atoms with van der Waals surface area (Å²) >= 11 is 0. The van der Waals surface area contributed by atoms with E-state index in [1.54, 1.807) is 14.0 Å². The molecular formula is C24H27NO4. The Morgan fingerprint density at radius 3 is 2.21 bits per heavy atom. The lowest BCUT2D eigenvalue weighted by molar-refractivity contribution is -0.131. The van der Waals surface area contributed by atoms with Crippen LogP contribution in [0, 0.1) is 5.92 Å². The number of hydrogen-bond acceptors (Lipinski definition) is 5. The van der Waals surface area contributed by atoms with Gasteiger partial charge in [0.05, 0.1) is 18.6 Å². The van der Waals surface area contributed by atoms with Crippen LogP contribution >= 0.6 is 0 Å². The van der Waals surface area contributed by atoms with Crippen molar-refractivity contribution in [1.29, 1.82) is 0 Å². The van der Waals surface area contributed by atoms with E-state index in [1.807, 2.05) is 54.6 Å². The lowest BCUT2D eigenvalue weighted by Crippen LogP contribution is -2.48. The predicted octanol–water partition coefficient (Wildman–Crippen LogP) is 4.09. The number of carbonyl (C=O) groups excluding carboxylic acids is 2. The quantitative estimate of drug-likeness (QED) is 0.773. The molecule has 2 aromatic rings. The second-order valence-electron chi connectivity index (χ2n) is 7.81. The van der Waals surface area contributed by atoms with E-state index in [0.717, 1.165) is 17.0 Å². The van der Waals surface area contributed by atoms with Crippen LogP contribution in [0.15, 0.2) is 65.9 Å². The van der Waals surface area contributed by atoms with Gasteiger partial charge in [-0.1, -0.05) is 30.3 Å². The monoisotopic (exact) mass is 393 g/mol. The summed E-state index contributed by atoms with van der Waals surface area (Å²) in [6.07, 6.45) is 0.182. The fraction of sp³-hybridized carbons (Fsp3) is 0.333. The summed E-state index contributed by atoms with van der Waals surface area (Å²) < 4.78 is 5.20. The number of anilines is 1. The third kappa shape index (κ3) is 4.25. The molecule has 3 rings (SSSR count). The van der Waals surface area contributed by atoms with Crippen molar-refractivity contribution >= 4 is 17.3 Å². The van der Waals surface area contributed by atoms with Crippen LogP contribution in [0.3, 0.4) is 0 Å². The highest BCUT2D eigenvalue weighted by Gasteiger charge is 2.49. The molecular weight excluding hydrogens is 366 g/mol. The Morgan fingerprint density at radius 1 is 1.07 bits per heavy atom. The third-order valence-corrected chi connectivity index (χ3v) is 5.54. The van der Waals surface area contributed by atoms with Crippen molar-refractivity contribution in [3.8, 4) is 5.75 Å². The number of allylic oxidation sites excluding steroid dienone is 1. The highest BCUT2D eigenvalue weighted by molar-refractivity contribution is 5.98. The Kier molecular flexibility index (Phi) is 5.89. The van der Waals surface area contributed by atoms with Crippen molar-refractivity contribution in [3.63, 3.8) is 0 Å². The zero-order valence-corrected chi connectivity index (χ0v) is 17.2. The van der Waals surface area contributed by atoms with Crippen molar-refractivity contribution in [2.45, 2.75) is 38.7 Å². The van der Waals surface area contributed by atoms with E-state index < -0.39 is 17.4 Å². The summed E-state index contributed by atoms with van der Waals surface area (Å²) in [7, 11) is 1.60. The van der Waals surface area contributed by atoms with Crippen LogP contribution in [0.25, 0.3) is 0 Å². The SMILES string of the molecule is COc1ccc(NC2=C(C(C)=O)[C@H](c3ccccc3)[C@@H](C(C)=O)[C@@](C)(O)C2)cc1. The topological polar surface area (TPSA) is 75.6 Å². The summed E-state index contributed by atoms with van der Waals surface area (Å²) in [5.41, 5.74) is 1.51. The minimum atomic E-state index is -1.29. The smallest absolute Gasteiger partial charge is 0.158 e. The largest absolute Gasteiger partial charge is 0.497 e. The molecule has 3 atom stereocenters. The first-order valence-electron chi connectivity index (χ1n) is 9.67. The van der Waals surface area contributed by atoms with E-state index >= 15 is 0 Å². The van der Waals surface area contributed by atoms with Gasteiger partial charge >= 0.3 is 0 Å². The maximum atomic E-state index is 12.8. The molecule has 5 heteroatoms. The first-order valence-corrected chi connectivity index (χ1v) is 9.67. The van der Waals surface area contributed by atoms with Crippen LogP contribution in [0.2, 0.25) is 0 Å². The number of ketones is 2. The molecule has 0 saturated carbocycles. The minimum absolute atomic E-state index is 0.114. The van der Waals surface area contributed by atoms with Gasteiger partial charge in [0, 0.05) is 29.3 Å². The van der Waals surface area contributed by atoms with Crippen LogP contribution in [0.1, 0.15) is 38.7 Å². The molecule has 0 fully saturated rings. The van der Waals surface area contributed by atoms with Gasteiger partial charge in [0.25, 0.3) is 0 Å². The van der Waals surface area contributed by atoms with Crippen LogP contribution < -0.4 is 10.1 Å². The van der Waals surface area contributed by atoms with Gasteiger partial charge in [-0.3, -0.25) is 9.59 Å². The van der Waals surface area contributed by atoms with Crippen LogP contribution in [-0.4, -0.2) is 29.4 Å². The standard InChI is InChI=1S/C24H27NO4/c1-15(26)21-20(25-18-10-12-19(29-4)13-11-18)14-24(3,28)23(16(2)27)22(21)17-8-6-5-7-9-17/h5-13,22-23,25,28H,14H2,1-4H3/t22-,23+,24-/m0/s1. The number of ether oxygens (including phenoxy) is 1. The van der Waals surface area contributed by atoms with Gasteiger partial charge in [-0.15, -0.1) is 0 Å². The maximum Gasteiger partial charge on any atom is 0.158 e. The molecule has 2 aromatic carbocycles. The molecule has 0 aromatic heterocycles. The van der Waals surface area contributed by atoms with Crippen molar-refractivity contribution < 1.29 is 19.4 Å². The number of hydrogen-bond donors (Lipinski definition) is 2. The molecule has 2 N–H and O–H groups in total. The van der Waals surface area contributed by atoms with Gasteiger partial charge in [0.2, 0.25) is 0 Å². The average molecular weight is 393 g/mol. The predicted molar refractivity (Wildman–Crippen MR) is 113 cm³/mol. The van der Waals surface area contributed by atoms with Crippen molar-refractivity contribution in [3.05, 3.63) is 71.4 Å². The Hall–Kier alpha value is -2.92. The van der Waals surface area contributed by atoms with Gasteiger partial charge < -0.3 is 15.2 Å². The van der Waals surface area contributed by atoms with Crippen LogP contribution in [-0.2, 0) is 9.59 Å². The summed E-state index contributed by atoms with van der Waals surface area (Å²) in [4.78, 5) is 25.3. The molecule has 0 radical (unpaired) electrons. The van der Waals surface area contributed by atoms with Crippen LogP contribution in [0.5, 0.6) is 5.75 Å². The molecule has 5 nitrogen and oxygen atoms in total. The number of benzene rings is 2. The van der Waals surface area contributed by atoms with E-state index in [1.165, 1.54) is 13.8 Å². The molecule has 0 spiro atoms. The number of nitrogens with one attached hydrogen (secondary N) is 1. The Balaban J connectivity index is 2.15. The molecule has 0 amide bonds. The molecule has 0 aliphatic heterocycles. The summed E-state index contributed by atoms with van der Waals surface area (Å²) in [6, 6.07) is 16.8. The molecule has 0 saturated heterocycles. The number of Topliss-reactive ketones (excluding diaryl/α,β-unsaturated/α-hetero) is 2. The van der Waals surface area contributed by atoms with Gasteiger partial charge in [-0.25, -0.2) is 0 Å². The molecule has 0 unspecified atom stereocenters. The number of aliphatic hydroxyl groups is 1. The Labute approximate surface area is 171 Å². The van der Waals surface area contributed by atoms with E-state index in [9.17, 15) is 14.7 Å². The normalized spacial score (nSPS) is 24.2. The van der Waals surface area contributed by atoms with E-state index in [2.05, 4.69) is 5.32 Å². The van der Waals surface area contributed by atoms with Gasteiger partial charge in [-0.05, 0) is 50.6 Å². The van der Waals surface area contributed by atoms with Crippen molar-refractivity contribution in [1.82, 2.24) is 0 Å². The highest BCUT2D eigenvalue weighted by atomic mass is 16.5. The first kappa shape index (κ1) is 20.8. The summed E-state index contributed by atoms with van der Waals surface area (Å²) in [5.74, 6) is -0.741. The van der Waals surface area contributed by atoms with Crippen molar-refractivity contribution in [2.75, 3.05) is 12.4 Å². The third-order valence-electron chi connectivity index (χ3n) is 5.54. The first-order chi connectivity index (χ1) is 13.7. The zero-order valence-electron chi connectivity index (χ0n) is 17.2. The Morgan fingerprint density at radius 2 is 1.69 bits per heavy atom. The highest BCUT2D eigenvalue weighted by Crippen LogP contribution is 2.47. The molecule has 0 bridgehead atoms. The number of methoxy groups -OCH3 is 1. The lowest BCUT2D eigenvalue weighted by atomic mass is 9.64. The summed E-state index contributed by atoms with van der Waals surface area (Å²) in [5, 5.41) is 14.6. The van der Waals surface area contributed by atoms with Gasteiger partial charge in [0.1, 0.15) is 11.5 Å². The molecule has 1 aliphatic rings. The molecule has 0 heterocycles. The molecule has 152 valence electrons. The fourth-order valence-electron chi connectivity index (χ4n) is 4.36. The molecule has 1 aliphatic carbocycles. The van der Waals surface area contributed by atoms with E-state index in [4.69, 9.17) is 4.74 Å². The lowest BCUT2D eigenvalue weighted by Gasteiger charge is -2.43. The number of rotatable bonds is 6. The Bertz CT molecular complexity index is 929. The molecule has 29 heavy (non-hydrogen) atoms. The number of carbonyl (C=O) groups is 2. The van der Waals surface area contributed by atoms with Gasteiger partial charge in [0.15, 0.2) is 5.78 Å². The van der Waals surface area contributed by atoms with Gasteiger partial charge in [-0.2, -0.15) is 0 Å². The van der Waals surface area contributed by atoms with Crippen LogP contribution in [0.4, 0.5) is 5.69 Å². The van der Waals surface area contributed by atoms with Crippen molar-refractivity contribution in [2.24, 2.45) is 5.92 Å². The fourth-order valence-corrected chi connectivity index (χ4v) is 4.36. The summed E-state index contributed by atoms with van der Waals surface area (Å²) in [6.45, 7) is 4.66. The second-order valence-corrected chi connectivity index (χ2v) is 7.81. The zero-order chi connectivity index (χ0) is 21.2. The van der Waals surface area contributed by atoms with E-state index in [-0.39, 0.29) is 18.0 Å².